The van der Waals surface area contributed by atoms with Crippen LogP contribution in [0.15, 0.2) is 46.9 Å². The van der Waals surface area contributed by atoms with Crippen molar-refractivity contribution < 1.29 is 14.2 Å². The van der Waals surface area contributed by atoms with Gasteiger partial charge in [0, 0.05) is 23.2 Å². The molecule has 0 fully saturated rings. The average Bonchev–Trinajstić information content (AvgIpc) is 3.54. The van der Waals surface area contributed by atoms with Gasteiger partial charge in [-0.25, -0.2) is 4.98 Å². The smallest absolute Gasteiger partial charge is 0.231 e. The Morgan fingerprint density at radius 1 is 1.06 bits per heavy atom. The minimum Gasteiger partial charge on any atom is -0.486 e. The minimum absolute atomic E-state index is 0.272. The molecule has 0 atom stereocenters. The second kappa shape index (κ2) is 9.44. The summed E-state index contributed by atoms with van der Waals surface area (Å²) in [6.07, 6.45) is 0. The van der Waals surface area contributed by atoms with Gasteiger partial charge in [0.15, 0.2) is 22.5 Å². The molecule has 0 aliphatic carbocycles. The first-order chi connectivity index (χ1) is 16.1. The largest absolute Gasteiger partial charge is 0.486 e. The second-order valence-corrected chi connectivity index (χ2v) is 9.56. The topological polar surface area (TPSA) is 71.3 Å². The molecule has 2 aromatic carbocycles. The third kappa shape index (κ3) is 4.84. The average molecular weight is 481 g/mol. The van der Waals surface area contributed by atoms with Crippen LogP contribution in [0.2, 0.25) is 0 Å². The molecule has 2 aromatic heterocycles. The van der Waals surface area contributed by atoms with Crippen molar-refractivity contribution in [3.8, 4) is 27.8 Å². The summed E-state index contributed by atoms with van der Waals surface area (Å²) in [4.78, 5) is 4.79. The highest BCUT2D eigenvalue weighted by molar-refractivity contribution is 7.98. The first-order valence-corrected chi connectivity index (χ1v) is 12.6. The van der Waals surface area contributed by atoms with Crippen molar-refractivity contribution in [3.63, 3.8) is 0 Å². The van der Waals surface area contributed by atoms with E-state index in [1.165, 1.54) is 11.1 Å². The standard InChI is InChI=1S/C24H24N4O3S2/c1-4-28-22(11-29-19-8-15(2)7-16(3)9-19)26-27-24(28)33-13-18-12-32-23(25-18)17-5-6-20-21(10-17)31-14-30-20/h5-10,12H,4,11,13-14H2,1-3H3. The lowest BCUT2D eigenvalue weighted by Gasteiger charge is -2.10. The number of benzene rings is 2. The molecule has 0 N–H and O–H groups in total. The lowest BCUT2D eigenvalue weighted by molar-refractivity contribution is 0.174. The Morgan fingerprint density at radius 2 is 1.88 bits per heavy atom. The zero-order valence-electron chi connectivity index (χ0n) is 18.7. The quantitative estimate of drug-likeness (QED) is 0.302. The lowest BCUT2D eigenvalue weighted by Crippen LogP contribution is -2.07. The van der Waals surface area contributed by atoms with Gasteiger partial charge in [-0.05, 0) is 62.2 Å². The van der Waals surface area contributed by atoms with E-state index in [-0.39, 0.29) is 6.79 Å². The van der Waals surface area contributed by atoms with Gasteiger partial charge in [0.2, 0.25) is 6.79 Å². The Labute approximate surface area is 200 Å². The second-order valence-electron chi connectivity index (χ2n) is 7.76. The molecular formula is C24H24N4O3S2. The molecule has 0 amide bonds. The molecule has 7 nitrogen and oxygen atoms in total. The summed E-state index contributed by atoms with van der Waals surface area (Å²) in [5.74, 6) is 3.94. The van der Waals surface area contributed by atoms with E-state index < -0.39 is 0 Å². The van der Waals surface area contributed by atoms with Crippen molar-refractivity contribution in [2.45, 2.75) is 44.8 Å². The molecule has 0 unspecified atom stereocenters. The minimum atomic E-state index is 0.272. The van der Waals surface area contributed by atoms with Crippen LogP contribution in [-0.2, 0) is 18.9 Å². The number of nitrogens with zero attached hydrogens (tertiary/aromatic N) is 4. The van der Waals surface area contributed by atoms with Crippen LogP contribution in [0.3, 0.4) is 0 Å². The molecule has 0 saturated heterocycles. The molecule has 0 bridgehead atoms. The van der Waals surface area contributed by atoms with Crippen LogP contribution in [0.4, 0.5) is 0 Å². The van der Waals surface area contributed by atoms with Crippen molar-refractivity contribution in [1.82, 2.24) is 19.7 Å². The van der Waals surface area contributed by atoms with E-state index >= 15 is 0 Å². The maximum atomic E-state index is 5.99. The van der Waals surface area contributed by atoms with E-state index in [9.17, 15) is 0 Å². The van der Waals surface area contributed by atoms with Crippen molar-refractivity contribution in [1.29, 1.82) is 0 Å². The first-order valence-electron chi connectivity index (χ1n) is 10.7. The highest BCUT2D eigenvalue weighted by Gasteiger charge is 2.16. The third-order valence-corrected chi connectivity index (χ3v) is 7.13. The Balaban J connectivity index is 1.23. The van der Waals surface area contributed by atoms with Gasteiger partial charge in [-0.15, -0.1) is 21.5 Å². The van der Waals surface area contributed by atoms with E-state index in [1.54, 1.807) is 23.1 Å². The van der Waals surface area contributed by atoms with Crippen LogP contribution in [-0.4, -0.2) is 26.5 Å². The molecule has 0 spiro atoms. The Kier molecular flexibility index (Phi) is 6.24. The van der Waals surface area contributed by atoms with E-state index in [0.29, 0.717) is 6.61 Å². The van der Waals surface area contributed by atoms with Gasteiger partial charge in [-0.3, -0.25) is 0 Å². The number of fused-ring (bicyclic) bond motifs is 1. The summed E-state index contributed by atoms with van der Waals surface area (Å²) in [6.45, 7) is 7.66. The van der Waals surface area contributed by atoms with Crippen molar-refractivity contribution in [3.05, 3.63) is 64.4 Å². The monoisotopic (exact) mass is 480 g/mol. The summed E-state index contributed by atoms with van der Waals surface area (Å²) in [5, 5.41) is 12.7. The molecule has 1 aliphatic heterocycles. The molecule has 4 aromatic rings. The number of rotatable bonds is 8. The summed E-state index contributed by atoms with van der Waals surface area (Å²) in [7, 11) is 0. The van der Waals surface area contributed by atoms with Crippen LogP contribution in [0.5, 0.6) is 17.2 Å². The van der Waals surface area contributed by atoms with E-state index in [0.717, 1.165) is 56.8 Å². The van der Waals surface area contributed by atoms with Crippen LogP contribution < -0.4 is 14.2 Å². The number of aryl methyl sites for hydroxylation is 2. The summed E-state index contributed by atoms with van der Waals surface area (Å²) in [5.41, 5.74) is 4.41. The highest BCUT2D eigenvalue weighted by atomic mass is 32.2. The van der Waals surface area contributed by atoms with Gasteiger partial charge < -0.3 is 18.8 Å². The van der Waals surface area contributed by atoms with Gasteiger partial charge in [-0.2, -0.15) is 0 Å². The number of ether oxygens (including phenoxy) is 3. The van der Waals surface area contributed by atoms with Crippen molar-refractivity contribution in [2.75, 3.05) is 6.79 Å². The molecule has 5 rings (SSSR count). The maximum Gasteiger partial charge on any atom is 0.231 e. The van der Waals surface area contributed by atoms with Crippen molar-refractivity contribution in [2.24, 2.45) is 0 Å². The number of aromatic nitrogens is 4. The number of thiazole rings is 1. The van der Waals surface area contributed by atoms with Gasteiger partial charge >= 0.3 is 0 Å². The molecule has 0 radical (unpaired) electrons. The van der Waals surface area contributed by atoms with Crippen LogP contribution in [0.25, 0.3) is 10.6 Å². The van der Waals surface area contributed by atoms with Gasteiger partial charge in [0.1, 0.15) is 17.4 Å². The van der Waals surface area contributed by atoms with Gasteiger partial charge in [-0.1, -0.05) is 17.8 Å². The predicted molar refractivity (Wildman–Crippen MR) is 129 cm³/mol. The summed E-state index contributed by atoms with van der Waals surface area (Å²) in [6, 6.07) is 12.1. The summed E-state index contributed by atoms with van der Waals surface area (Å²) < 4.78 is 19.0. The predicted octanol–water partition coefficient (Wildman–Crippen LogP) is 5.64. The summed E-state index contributed by atoms with van der Waals surface area (Å²) >= 11 is 3.26. The van der Waals surface area contributed by atoms with Crippen LogP contribution >= 0.6 is 23.1 Å². The zero-order chi connectivity index (χ0) is 22.8. The first kappa shape index (κ1) is 21.8. The Bertz CT molecular complexity index is 1260. The number of hydrogen-bond donors (Lipinski definition) is 0. The molecule has 33 heavy (non-hydrogen) atoms. The maximum absolute atomic E-state index is 5.99. The van der Waals surface area contributed by atoms with E-state index in [2.05, 4.69) is 47.0 Å². The fraction of sp³-hybridized carbons (Fsp3) is 0.292. The molecule has 9 heteroatoms. The number of hydrogen-bond acceptors (Lipinski definition) is 8. The van der Waals surface area contributed by atoms with Crippen LogP contribution in [0.1, 0.15) is 29.6 Å². The van der Waals surface area contributed by atoms with Gasteiger partial charge in [0.25, 0.3) is 0 Å². The highest BCUT2D eigenvalue weighted by Crippen LogP contribution is 2.37. The Morgan fingerprint density at radius 3 is 2.70 bits per heavy atom. The van der Waals surface area contributed by atoms with Crippen LogP contribution in [0, 0.1) is 13.8 Å². The van der Waals surface area contributed by atoms with E-state index in [4.69, 9.17) is 19.2 Å². The van der Waals surface area contributed by atoms with E-state index in [1.807, 2.05) is 30.3 Å². The molecule has 170 valence electrons. The lowest BCUT2D eigenvalue weighted by atomic mass is 10.1. The fourth-order valence-corrected chi connectivity index (χ4v) is 5.52. The molecule has 0 saturated carbocycles. The van der Waals surface area contributed by atoms with Crippen molar-refractivity contribution >= 4 is 23.1 Å². The zero-order valence-corrected chi connectivity index (χ0v) is 20.3. The number of thioether (sulfide) groups is 1. The molecule has 1 aliphatic rings. The molecule has 3 heterocycles. The fourth-order valence-electron chi connectivity index (χ4n) is 3.69. The normalized spacial score (nSPS) is 12.3. The SMILES string of the molecule is CCn1c(COc2cc(C)cc(C)c2)nnc1SCc1csc(-c2ccc3c(c2)OCO3)n1. The Hall–Kier alpha value is -3.04. The molecular weight excluding hydrogens is 456 g/mol. The van der Waals surface area contributed by atoms with Gasteiger partial charge in [0.05, 0.1) is 5.69 Å². The third-order valence-electron chi connectivity index (χ3n) is 5.19.